The molecule has 2 amide bonds. The van der Waals surface area contributed by atoms with Gasteiger partial charge in [0.1, 0.15) is 30.2 Å². The second kappa shape index (κ2) is 12.3. The lowest BCUT2D eigenvalue weighted by Crippen LogP contribution is -2.49. The van der Waals surface area contributed by atoms with Crippen LogP contribution in [0.1, 0.15) is 34.5 Å². The smallest absolute Gasteiger partial charge is 0.322 e. The van der Waals surface area contributed by atoms with E-state index in [1.54, 1.807) is 36.1 Å². The molecular formula is C34H33N7O4. The van der Waals surface area contributed by atoms with E-state index < -0.39 is 0 Å². The number of benzene rings is 2. The number of ether oxygens (including phenoxy) is 2. The van der Waals surface area contributed by atoms with E-state index in [0.29, 0.717) is 54.7 Å². The molecule has 0 aliphatic carbocycles. The van der Waals surface area contributed by atoms with Gasteiger partial charge in [-0.1, -0.05) is 30.3 Å². The number of piperidine rings is 1. The van der Waals surface area contributed by atoms with Gasteiger partial charge in [-0.3, -0.25) is 9.36 Å². The van der Waals surface area contributed by atoms with Gasteiger partial charge in [0.2, 0.25) is 5.88 Å². The Morgan fingerprint density at radius 1 is 0.978 bits per heavy atom. The minimum Gasteiger partial charge on any atom is -0.497 e. The maximum absolute atomic E-state index is 13.5. The highest BCUT2D eigenvalue weighted by Crippen LogP contribution is 2.29. The molecule has 11 heteroatoms. The molecule has 5 aromatic rings. The van der Waals surface area contributed by atoms with Gasteiger partial charge in [0, 0.05) is 49.7 Å². The van der Waals surface area contributed by atoms with E-state index in [0.717, 1.165) is 41.8 Å². The third kappa shape index (κ3) is 5.88. The number of aromatic nitrogens is 4. The summed E-state index contributed by atoms with van der Waals surface area (Å²) in [4.78, 5) is 44.1. The van der Waals surface area contributed by atoms with Crippen molar-refractivity contribution in [3.63, 3.8) is 0 Å². The molecule has 0 spiro atoms. The molecule has 3 aromatic heterocycles. The van der Waals surface area contributed by atoms with E-state index in [1.165, 1.54) is 6.33 Å². The molecule has 45 heavy (non-hydrogen) atoms. The van der Waals surface area contributed by atoms with Crippen molar-refractivity contribution in [1.82, 2.24) is 24.4 Å². The van der Waals surface area contributed by atoms with Gasteiger partial charge >= 0.3 is 6.03 Å². The molecule has 228 valence electrons. The third-order valence-corrected chi connectivity index (χ3v) is 8.50. The molecule has 0 saturated carbocycles. The fraction of sp³-hybridized carbons (Fsp3) is 0.265. The van der Waals surface area contributed by atoms with Crippen molar-refractivity contribution in [2.45, 2.75) is 31.9 Å². The second-order valence-electron chi connectivity index (χ2n) is 11.2. The van der Waals surface area contributed by atoms with Gasteiger partial charge in [0.05, 0.1) is 18.1 Å². The number of methoxy groups -OCH3 is 1. The molecule has 5 heterocycles. The summed E-state index contributed by atoms with van der Waals surface area (Å²) in [6.45, 7) is 2.47. The van der Waals surface area contributed by atoms with Crippen LogP contribution in [0.4, 0.5) is 16.3 Å². The predicted molar refractivity (Wildman–Crippen MR) is 170 cm³/mol. The van der Waals surface area contributed by atoms with Crippen LogP contribution in [-0.4, -0.2) is 69.1 Å². The lowest BCUT2D eigenvalue weighted by atomic mass is 10.0. The Labute approximate surface area is 260 Å². The van der Waals surface area contributed by atoms with Crippen molar-refractivity contribution in [1.29, 1.82) is 0 Å². The fourth-order valence-corrected chi connectivity index (χ4v) is 6.06. The van der Waals surface area contributed by atoms with Crippen LogP contribution < -0.4 is 19.7 Å². The zero-order valence-electron chi connectivity index (χ0n) is 24.9. The maximum Gasteiger partial charge on any atom is 0.322 e. The number of pyridine rings is 1. The van der Waals surface area contributed by atoms with Crippen LogP contribution >= 0.6 is 0 Å². The molecule has 11 nitrogen and oxygen atoms in total. The lowest BCUT2D eigenvalue weighted by Gasteiger charge is -2.38. The summed E-state index contributed by atoms with van der Waals surface area (Å²) in [7, 11) is 1.65. The SMILES string of the molecule is COc1ccc2c(c1)CCN(C1CCN(c3cc(C(=O)n4ccc5nc(OCc6ccccc6)ccc54)ncn3)CC1)C(=O)N2. The van der Waals surface area contributed by atoms with Gasteiger partial charge in [-0.15, -0.1) is 0 Å². The normalized spacial score (nSPS) is 15.4. The summed E-state index contributed by atoms with van der Waals surface area (Å²) in [5.74, 6) is 1.71. The van der Waals surface area contributed by atoms with Crippen molar-refractivity contribution in [3.8, 4) is 11.6 Å². The number of nitrogens with zero attached hydrogens (tertiary/aromatic N) is 6. The summed E-state index contributed by atoms with van der Waals surface area (Å²) in [5.41, 5.74) is 4.58. The number of hydrogen-bond acceptors (Lipinski definition) is 8. The number of hydrogen-bond donors (Lipinski definition) is 1. The number of urea groups is 1. The molecule has 2 aromatic carbocycles. The third-order valence-electron chi connectivity index (χ3n) is 8.50. The summed E-state index contributed by atoms with van der Waals surface area (Å²) < 4.78 is 12.8. The molecule has 2 aliphatic heterocycles. The Bertz CT molecular complexity index is 1850. The summed E-state index contributed by atoms with van der Waals surface area (Å²) in [6, 6.07) is 22.8. The molecule has 0 atom stereocenters. The number of amides is 2. The van der Waals surface area contributed by atoms with Gasteiger partial charge in [0.25, 0.3) is 5.91 Å². The van der Waals surface area contributed by atoms with Crippen LogP contribution in [0.3, 0.4) is 0 Å². The first-order valence-electron chi connectivity index (χ1n) is 15.1. The first-order chi connectivity index (χ1) is 22.1. The van der Waals surface area contributed by atoms with E-state index in [-0.39, 0.29) is 18.0 Å². The Kier molecular flexibility index (Phi) is 7.73. The highest BCUT2D eigenvalue weighted by atomic mass is 16.5. The first-order valence-corrected chi connectivity index (χ1v) is 15.1. The highest BCUT2D eigenvalue weighted by Gasteiger charge is 2.31. The lowest BCUT2D eigenvalue weighted by molar-refractivity contribution is 0.0959. The van der Waals surface area contributed by atoms with E-state index in [9.17, 15) is 9.59 Å². The Balaban J connectivity index is 0.996. The number of fused-ring (bicyclic) bond motifs is 2. The van der Waals surface area contributed by atoms with Gasteiger partial charge in [-0.25, -0.2) is 19.7 Å². The zero-order chi connectivity index (χ0) is 30.8. The zero-order valence-corrected chi connectivity index (χ0v) is 24.9. The average Bonchev–Trinajstić information content (AvgIpc) is 3.44. The quantitative estimate of drug-likeness (QED) is 0.271. The molecular weight excluding hydrogens is 570 g/mol. The van der Waals surface area contributed by atoms with Crippen molar-refractivity contribution in [3.05, 3.63) is 102 Å². The minimum atomic E-state index is -0.263. The molecule has 7 rings (SSSR count). The first kappa shape index (κ1) is 28.3. The van der Waals surface area contributed by atoms with Gasteiger partial charge in [-0.05, 0) is 60.7 Å². The van der Waals surface area contributed by atoms with E-state index >= 15 is 0 Å². The number of rotatable bonds is 7. The van der Waals surface area contributed by atoms with Crippen LogP contribution in [0.15, 0.2) is 85.3 Å². The standard InChI is InChI=1S/C34H33N7O4/c1-44-26-7-8-27-24(19-26)11-17-40(34(43)38-27)25-12-15-39(16-13-25)31-20-29(35-22-36-31)33(42)41-18-14-28-30(41)9-10-32(37-28)45-21-23-5-3-2-4-6-23/h2-10,14,18-20,22,25H,11-13,15-17,21H2,1H3,(H,38,43). The van der Waals surface area contributed by atoms with E-state index in [4.69, 9.17) is 9.47 Å². The highest BCUT2D eigenvalue weighted by molar-refractivity contribution is 6.00. The summed E-state index contributed by atoms with van der Waals surface area (Å²) >= 11 is 0. The van der Waals surface area contributed by atoms with Crippen LogP contribution in [0, 0.1) is 0 Å². The van der Waals surface area contributed by atoms with E-state index in [2.05, 4.69) is 25.2 Å². The molecule has 1 saturated heterocycles. The number of carbonyl (C=O) groups is 2. The Morgan fingerprint density at radius 2 is 1.82 bits per heavy atom. The molecule has 1 N–H and O–H groups in total. The topological polar surface area (TPSA) is 115 Å². The van der Waals surface area contributed by atoms with Gasteiger partial charge < -0.3 is 24.6 Å². The Hall–Kier alpha value is -5.45. The summed E-state index contributed by atoms with van der Waals surface area (Å²) in [6.07, 6.45) is 5.48. The average molecular weight is 604 g/mol. The van der Waals surface area contributed by atoms with Crippen LogP contribution in [-0.2, 0) is 13.0 Å². The molecule has 1 fully saturated rings. The summed E-state index contributed by atoms with van der Waals surface area (Å²) in [5, 5.41) is 3.07. The number of anilines is 2. The van der Waals surface area contributed by atoms with Crippen molar-refractivity contribution in [2.24, 2.45) is 0 Å². The number of nitrogens with one attached hydrogen (secondary N) is 1. The van der Waals surface area contributed by atoms with Gasteiger partial charge in [-0.2, -0.15) is 0 Å². The van der Waals surface area contributed by atoms with Crippen molar-refractivity contribution < 1.29 is 19.1 Å². The van der Waals surface area contributed by atoms with Crippen molar-refractivity contribution >= 4 is 34.5 Å². The van der Waals surface area contributed by atoms with Crippen LogP contribution in [0.2, 0.25) is 0 Å². The van der Waals surface area contributed by atoms with Crippen LogP contribution in [0.5, 0.6) is 11.6 Å². The monoisotopic (exact) mass is 603 g/mol. The fourth-order valence-electron chi connectivity index (χ4n) is 6.06. The second-order valence-corrected chi connectivity index (χ2v) is 11.2. The number of carbonyl (C=O) groups excluding carboxylic acids is 2. The largest absolute Gasteiger partial charge is 0.497 e. The Morgan fingerprint density at radius 3 is 2.64 bits per heavy atom. The molecule has 0 radical (unpaired) electrons. The van der Waals surface area contributed by atoms with Gasteiger partial charge in [0.15, 0.2) is 0 Å². The maximum atomic E-state index is 13.5. The van der Waals surface area contributed by atoms with E-state index in [1.807, 2.05) is 59.5 Å². The molecule has 2 aliphatic rings. The predicted octanol–water partition coefficient (Wildman–Crippen LogP) is 5.16. The molecule has 0 unspecified atom stereocenters. The molecule has 0 bridgehead atoms. The van der Waals surface area contributed by atoms with Crippen LogP contribution in [0.25, 0.3) is 11.0 Å². The minimum absolute atomic E-state index is 0.0735. The van der Waals surface area contributed by atoms with Crippen molar-refractivity contribution in [2.75, 3.05) is 37.0 Å².